The van der Waals surface area contributed by atoms with Gasteiger partial charge in [0.1, 0.15) is 23.2 Å². The van der Waals surface area contributed by atoms with Gasteiger partial charge < -0.3 is 15.4 Å². The first-order valence-corrected chi connectivity index (χ1v) is 6.22. The molecule has 0 saturated carbocycles. The van der Waals surface area contributed by atoms with Crippen molar-refractivity contribution in [3.63, 3.8) is 0 Å². The first kappa shape index (κ1) is 13.1. The highest BCUT2D eigenvalue weighted by atomic mass is 16.5. The van der Waals surface area contributed by atoms with Crippen molar-refractivity contribution in [2.75, 3.05) is 24.8 Å². The Bertz CT molecular complexity index is 535. The van der Waals surface area contributed by atoms with E-state index in [0.29, 0.717) is 0 Å². The largest absolute Gasteiger partial charge is 0.495 e. The van der Waals surface area contributed by atoms with E-state index in [9.17, 15) is 0 Å². The van der Waals surface area contributed by atoms with Gasteiger partial charge in [0.05, 0.1) is 12.8 Å². The quantitative estimate of drug-likeness (QED) is 0.863. The van der Waals surface area contributed by atoms with E-state index in [-0.39, 0.29) is 0 Å². The summed E-state index contributed by atoms with van der Waals surface area (Å²) in [5, 5.41) is 6.29. The van der Waals surface area contributed by atoms with Crippen LogP contribution in [0.25, 0.3) is 0 Å². The van der Waals surface area contributed by atoms with Crippen LogP contribution >= 0.6 is 0 Å². The molecule has 0 bridgehead atoms. The van der Waals surface area contributed by atoms with E-state index < -0.39 is 0 Å². The van der Waals surface area contributed by atoms with Crippen LogP contribution in [-0.4, -0.2) is 24.1 Å². The molecule has 0 spiro atoms. The third kappa shape index (κ3) is 3.13. The zero-order valence-corrected chi connectivity index (χ0v) is 11.4. The highest BCUT2D eigenvalue weighted by Crippen LogP contribution is 2.26. The van der Waals surface area contributed by atoms with Crippen LogP contribution in [0, 0.1) is 0 Å². The number of aryl methyl sites for hydroxylation is 1. The number of hydrogen-bond acceptors (Lipinski definition) is 5. The lowest BCUT2D eigenvalue weighted by Gasteiger charge is -2.12. The van der Waals surface area contributed by atoms with Crippen molar-refractivity contribution < 1.29 is 4.74 Å². The molecule has 0 aliphatic carbocycles. The molecule has 2 aromatic rings. The second-order valence-electron chi connectivity index (χ2n) is 3.98. The number of anilines is 3. The monoisotopic (exact) mass is 258 g/mol. The number of nitrogens with zero attached hydrogens (tertiary/aromatic N) is 2. The first-order valence-electron chi connectivity index (χ1n) is 6.22. The number of methoxy groups -OCH3 is 1. The van der Waals surface area contributed by atoms with E-state index in [4.69, 9.17) is 4.74 Å². The van der Waals surface area contributed by atoms with Crippen LogP contribution < -0.4 is 15.4 Å². The maximum Gasteiger partial charge on any atom is 0.142 e. The average Bonchev–Trinajstić information content (AvgIpc) is 2.47. The van der Waals surface area contributed by atoms with Crippen LogP contribution in [-0.2, 0) is 6.42 Å². The predicted molar refractivity (Wildman–Crippen MR) is 77.2 cm³/mol. The molecule has 1 aromatic carbocycles. The first-order chi connectivity index (χ1) is 9.26. The standard InChI is InChI=1S/C14H18N4O/c1-4-12-17-13(15-2)9-14(18-12)16-10-7-5-6-8-11(10)19-3/h5-9H,4H2,1-3H3,(H2,15,16,17,18). The Labute approximate surface area is 113 Å². The van der Waals surface area contributed by atoms with E-state index in [1.165, 1.54) is 0 Å². The van der Waals surface area contributed by atoms with E-state index >= 15 is 0 Å². The molecule has 0 aliphatic rings. The van der Waals surface area contributed by atoms with Crippen LogP contribution in [0.3, 0.4) is 0 Å². The van der Waals surface area contributed by atoms with Crippen LogP contribution in [0.15, 0.2) is 30.3 Å². The van der Waals surface area contributed by atoms with Gasteiger partial charge in [-0.2, -0.15) is 0 Å². The SMILES string of the molecule is CCc1nc(NC)cc(Nc2ccccc2OC)n1. The number of benzene rings is 1. The molecule has 5 heteroatoms. The maximum absolute atomic E-state index is 5.31. The summed E-state index contributed by atoms with van der Waals surface area (Å²) < 4.78 is 5.31. The molecule has 1 heterocycles. The van der Waals surface area contributed by atoms with Crippen molar-refractivity contribution in [3.8, 4) is 5.75 Å². The smallest absolute Gasteiger partial charge is 0.142 e. The topological polar surface area (TPSA) is 59.1 Å². The van der Waals surface area contributed by atoms with Gasteiger partial charge >= 0.3 is 0 Å². The van der Waals surface area contributed by atoms with Crippen molar-refractivity contribution >= 4 is 17.3 Å². The summed E-state index contributed by atoms with van der Waals surface area (Å²) >= 11 is 0. The lowest BCUT2D eigenvalue weighted by Crippen LogP contribution is -2.03. The van der Waals surface area contributed by atoms with Gasteiger partial charge in [-0.15, -0.1) is 0 Å². The normalized spacial score (nSPS) is 10.1. The molecule has 5 nitrogen and oxygen atoms in total. The van der Waals surface area contributed by atoms with Crippen molar-refractivity contribution in [1.82, 2.24) is 9.97 Å². The summed E-state index contributed by atoms with van der Waals surface area (Å²) in [5.74, 6) is 3.12. The fourth-order valence-electron chi connectivity index (χ4n) is 1.73. The zero-order chi connectivity index (χ0) is 13.7. The molecule has 0 aliphatic heterocycles. The van der Waals surface area contributed by atoms with Gasteiger partial charge in [0, 0.05) is 19.5 Å². The number of hydrogen-bond donors (Lipinski definition) is 2. The fraction of sp³-hybridized carbons (Fsp3) is 0.286. The molecule has 1 aromatic heterocycles. The molecule has 0 atom stereocenters. The number of rotatable bonds is 5. The van der Waals surface area contributed by atoms with Gasteiger partial charge in [0.2, 0.25) is 0 Å². The lowest BCUT2D eigenvalue weighted by atomic mass is 10.3. The van der Waals surface area contributed by atoms with Crippen LogP contribution in [0.1, 0.15) is 12.7 Å². The van der Waals surface area contributed by atoms with Crippen LogP contribution in [0.4, 0.5) is 17.3 Å². The highest BCUT2D eigenvalue weighted by Gasteiger charge is 2.06. The molecule has 2 N–H and O–H groups in total. The summed E-state index contributed by atoms with van der Waals surface area (Å²) in [6, 6.07) is 9.60. The molecule has 0 amide bonds. The van der Waals surface area contributed by atoms with Crippen molar-refractivity contribution in [2.45, 2.75) is 13.3 Å². The highest BCUT2D eigenvalue weighted by molar-refractivity contribution is 5.65. The zero-order valence-electron chi connectivity index (χ0n) is 11.4. The Morgan fingerprint density at radius 2 is 1.89 bits per heavy atom. The molecule has 0 radical (unpaired) electrons. The molecule has 19 heavy (non-hydrogen) atoms. The van der Waals surface area contributed by atoms with Gasteiger partial charge in [-0.05, 0) is 12.1 Å². The Morgan fingerprint density at radius 1 is 1.16 bits per heavy atom. The third-order valence-electron chi connectivity index (χ3n) is 2.71. The summed E-state index contributed by atoms with van der Waals surface area (Å²) in [6.45, 7) is 2.03. The minimum atomic E-state index is 0.751. The molecular formula is C14H18N4O. The predicted octanol–water partition coefficient (Wildman–Crippen LogP) is 2.83. The second-order valence-corrected chi connectivity index (χ2v) is 3.98. The van der Waals surface area contributed by atoms with Gasteiger partial charge in [-0.3, -0.25) is 0 Å². The average molecular weight is 258 g/mol. The van der Waals surface area contributed by atoms with Gasteiger partial charge in [0.15, 0.2) is 0 Å². The molecule has 0 unspecified atom stereocenters. The summed E-state index contributed by atoms with van der Waals surface area (Å²) in [5.41, 5.74) is 0.882. The fourth-order valence-corrected chi connectivity index (χ4v) is 1.73. The van der Waals surface area contributed by atoms with Gasteiger partial charge in [-0.1, -0.05) is 19.1 Å². The number of ether oxygens (including phenoxy) is 1. The van der Waals surface area contributed by atoms with Crippen LogP contribution in [0.2, 0.25) is 0 Å². The van der Waals surface area contributed by atoms with Crippen LogP contribution in [0.5, 0.6) is 5.75 Å². The van der Waals surface area contributed by atoms with Gasteiger partial charge in [-0.25, -0.2) is 9.97 Å². The minimum absolute atomic E-state index is 0.751. The minimum Gasteiger partial charge on any atom is -0.495 e. The van der Waals surface area contributed by atoms with E-state index in [1.807, 2.05) is 44.3 Å². The summed E-state index contributed by atoms with van der Waals surface area (Å²) in [6.07, 6.45) is 0.788. The number of nitrogens with one attached hydrogen (secondary N) is 2. The van der Waals surface area contributed by atoms with E-state index in [0.717, 1.165) is 35.3 Å². The molecule has 100 valence electrons. The lowest BCUT2D eigenvalue weighted by molar-refractivity contribution is 0.417. The Morgan fingerprint density at radius 3 is 2.58 bits per heavy atom. The van der Waals surface area contributed by atoms with Crippen molar-refractivity contribution in [3.05, 3.63) is 36.2 Å². The van der Waals surface area contributed by atoms with Crippen molar-refractivity contribution in [2.24, 2.45) is 0 Å². The molecule has 0 fully saturated rings. The molecular weight excluding hydrogens is 240 g/mol. The summed E-state index contributed by atoms with van der Waals surface area (Å²) in [4.78, 5) is 8.81. The van der Waals surface area contributed by atoms with E-state index in [2.05, 4.69) is 20.6 Å². The number of para-hydroxylation sites is 2. The molecule has 2 rings (SSSR count). The molecule has 0 saturated heterocycles. The number of aromatic nitrogens is 2. The Balaban J connectivity index is 2.32. The third-order valence-corrected chi connectivity index (χ3v) is 2.71. The Kier molecular flexibility index (Phi) is 4.18. The second kappa shape index (κ2) is 6.04. The summed E-state index contributed by atoms with van der Waals surface area (Å²) in [7, 11) is 3.49. The maximum atomic E-state index is 5.31. The Hall–Kier alpha value is -2.30. The van der Waals surface area contributed by atoms with E-state index in [1.54, 1.807) is 7.11 Å². The van der Waals surface area contributed by atoms with Crippen molar-refractivity contribution in [1.29, 1.82) is 0 Å². The van der Waals surface area contributed by atoms with Gasteiger partial charge in [0.25, 0.3) is 0 Å².